The summed E-state index contributed by atoms with van der Waals surface area (Å²) < 4.78 is 5.15. The van der Waals surface area contributed by atoms with Gasteiger partial charge in [0.05, 0.1) is 7.11 Å². The zero-order valence-corrected chi connectivity index (χ0v) is 9.31. The van der Waals surface area contributed by atoms with Crippen molar-refractivity contribution in [2.24, 2.45) is 0 Å². The molecule has 16 heavy (non-hydrogen) atoms. The predicted octanol–water partition coefficient (Wildman–Crippen LogP) is 2.89. The Kier molecular flexibility index (Phi) is 4.33. The highest BCUT2D eigenvalue weighted by atomic mass is 16.5. The number of ether oxygens (including phenoxy) is 1. The van der Waals surface area contributed by atoms with Crippen molar-refractivity contribution in [1.29, 1.82) is 0 Å². The summed E-state index contributed by atoms with van der Waals surface area (Å²) in [6.45, 7) is 1.08. The number of carboxylic acid groups (broad SMARTS) is 1. The number of aliphatic carboxylic acids is 1. The molecule has 0 spiro atoms. The molecule has 0 atom stereocenters. The van der Waals surface area contributed by atoms with Gasteiger partial charge in [0.25, 0.3) is 5.97 Å². The SMILES string of the molecule is CC(=O)O.COc1cccc2cccc-2c1. The van der Waals surface area contributed by atoms with Gasteiger partial charge in [-0.25, -0.2) is 0 Å². The number of hydrogen-bond donors (Lipinski definition) is 1. The molecule has 0 heterocycles. The lowest BCUT2D eigenvalue weighted by molar-refractivity contribution is -0.134. The molecule has 0 fully saturated rings. The van der Waals surface area contributed by atoms with Crippen molar-refractivity contribution in [1.82, 2.24) is 0 Å². The molecule has 2 rings (SSSR count). The quantitative estimate of drug-likeness (QED) is 0.800. The average Bonchev–Trinajstić information content (AvgIpc) is 2.55. The van der Waals surface area contributed by atoms with Crippen LogP contribution in [0.5, 0.6) is 5.75 Å². The monoisotopic (exact) mass is 218 g/mol. The number of fused-ring (bicyclic) bond motifs is 1. The van der Waals surface area contributed by atoms with Gasteiger partial charge in [0.1, 0.15) is 5.75 Å². The van der Waals surface area contributed by atoms with E-state index in [4.69, 9.17) is 14.6 Å². The van der Waals surface area contributed by atoms with Crippen LogP contribution in [-0.4, -0.2) is 18.2 Å². The second kappa shape index (κ2) is 5.75. The third-order valence-electron chi connectivity index (χ3n) is 1.95. The van der Waals surface area contributed by atoms with Gasteiger partial charge in [0.2, 0.25) is 0 Å². The van der Waals surface area contributed by atoms with Crippen molar-refractivity contribution in [2.75, 3.05) is 7.11 Å². The molecule has 2 aliphatic carbocycles. The minimum atomic E-state index is -0.833. The van der Waals surface area contributed by atoms with Crippen LogP contribution in [0.2, 0.25) is 0 Å². The number of hydrogen-bond acceptors (Lipinski definition) is 2. The van der Waals surface area contributed by atoms with E-state index in [2.05, 4.69) is 18.2 Å². The normalized spacial score (nSPS) is 9.12. The Morgan fingerprint density at radius 1 is 1.12 bits per heavy atom. The van der Waals surface area contributed by atoms with Gasteiger partial charge in [0.15, 0.2) is 0 Å². The van der Waals surface area contributed by atoms with Gasteiger partial charge < -0.3 is 9.84 Å². The number of carboxylic acids is 1. The first-order chi connectivity index (χ1) is 7.63. The van der Waals surface area contributed by atoms with Crippen molar-refractivity contribution in [3.63, 3.8) is 0 Å². The molecule has 0 saturated carbocycles. The lowest BCUT2D eigenvalue weighted by Crippen LogP contribution is -1.78. The molecule has 0 aliphatic heterocycles. The van der Waals surface area contributed by atoms with Crippen LogP contribution < -0.4 is 4.74 Å². The van der Waals surface area contributed by atoms with Crippen molar-refractivity contribution in [2.45, 2.75) is 6.92 Å². The maximum absolute atomic E-state index is 9.00. The zero-order chi connectivity index (χ0) is 12.0. The highest BCUT2D eigenvalue weighted by Gasteiger charge is 1.99. The molecule has 84 valence electrons. The molecule has 0 aromatic carbocycles. The summed E-state index contributed by atoms with van der Waals surface area (Å²) >= 11 is 0. The van der Waals surface area contributed by atoms with Gasteiger partial charge in [-0.15, -0.1) is 0 Å². The lowest BCUT2D eigenvalue weighted by atomic mass is 10.2. The second-order valence-electron chi connectivity index (χ2n) is 3.23. The summed E-state index contributed by atoms with van der Waals surface area (Å²) in [5.41, 5.74) is 2.47. The molecule has 0 aromatic heterocycles. The van der Waals surface area contributed by atoms with Gasteiger partial charge in [-0.1, -0.05) is 30.3 Å². The molecule has 0 aromatic rings. The second-order valence-corrected chi connectivity index (χ2v) is 3.23. The molecular weight excluding hydrogens is 204 g/mol. The fourth-order valence-electron chi connectivity index (χ4n) is 1.31. The fraction of sp³-hybridized carbons (Fsp3) is 0.154. The van der Waals surface area contributed by atoms with Crippen LogP contribution in [-0.2, 0) is 4.79 Å². The minimum absolute atomic E-state index is 0.833. The maximum Gasteiger partial charge on any atom is 0.300 e. The van der Waals surface area contributed by atoms with Crippen molar-refractivity contribution < 1.29 is 14.6 Å². The van der Waals surface area contributed by atoms with Gasteiger partial charge in [-0.2, -0.15) is 0 Å². The summed E-state index contributed by atoms with van der Waals surface area (Å²) in [4.78, 5) is 9.00. The molecule has 0 bridgehead atoms. The van der Waals surface area contributed by atoms with Crippen LogP contribution in [0.25, 0.3) is 11.1 Å². The van der Waals surface area contributed by atoms with E-state index in [1.165, 1.54) is 11.1 Å². The van der Waals surface area contributed by atoms with Gasteiger partial charge in [0, 0.05) is 6.92 Å². The Labute approximate surface area is 94.6 Å². The van der Waals surface area contributed by atoms with Gasteiger partial charge in [-0.3, -0.25) is 4.79 Å². The molecule has 3 heteroatoms. The topological polar surface area (TPSA) is 46.5 Å². The van der Waals surface area contributed by atoms with Crippen LogP contribution in [0.1, 0.15) is 6.92 Å². The summed E-state index contributed by atoms with van der Waals surface area (Å²) in [7, 11) is 1.68. The molecule has 3 nitrogen and oxygen atoms in total. The van der Waals surface area contributed by atoms with Crippen LogP contribution in [0.15, 0.2) is 42.5 Å². The first kappa shape index (κ1) is 12.0. The minimum Gasteiger partial charge on any atom is -0.497 e. The lowest BCUT2D eigenvalue weighted by Gasteiger charge is -1.94. The Morgan fingerprint density at radius 2 is 1.62 bits per heavy atom. The van der Waals surface area contributed by atoms with Crippen molar-refractivity contribution in [3.8, 4) is 16.9 Å². The van der Waals surface area contributed by atoms with Crippen LogP contribution in [0, 0.1) is 0 Å². The van der Waals surface area contributed by atoms with E-state index in [9.17, 15) is 0 Å². The Bertz CT molecular complexity index is 433. The Balaban J connectivity index is 0.000000280. The largest absolute Gasteiger partial charge is 0.497 e. The Morgan fingerprint density at radius 3 is 2.19 bits per heavy atom. The molecule has 0 amide bonds. The van der Waals surface area contributed by atoms with Crippen molar-refractivity contribution in [3.05, 3.63) is 42.5 Å². The smallest absolute Gasteiger partial charge is 0.300 e. The van der Waals surface area contributed by atoms with E-state index >= 15 is 0 Å². The molecule has 2 aliphatic rings. The molecular formula is C13H14O3. The number of carbonyl (C=O) groups is 1. The van der Waals surface area contributed by atoms with Gasteiger partial charge >= 0.3 is 0 Å². The standard InChI is InChI=1S/C11H10O.C2H4O2/c1-12-11-7-3-5-9-4-2-6-10(9)8-11;1-2(3)4/h2-8H,1H3;1H3,(H,3,4). The fourth-order valence-corrected chi connectivity index (χ4v) is 1.31. The predicted molar refractivity (Wildman–Crippen MR) is 62.9 cm³/mol. The summed E-state index contributed by atoms with van der Waals surface area (Å²) in [5.74, 6) is 0.0659. The molecule has 1 N–H and O–H groups in total. The summed E-state index contributed by atoms with van der Waals surface area (Å²) in [5, 5.41) is 7.42. The number of methoxy groups -OCH3 is 1. The third-order valence-corrected chi connectivity index (χ3v) is 1.95. The van der Waals surface area contributed by atoms with E-state index in [1.807, 2.05) is 24.3 Å². The third kappa shape index (κ3) is 3.61. The molecule has 0 radical (unpaired) electrons. The van der Waals surface area contributed by atoms with E-state index in [-0.39, 0.29) is 0 Å². The average molecular weight is 218 g/mol. The van der Waals surface area contributed by atoms with E-state index in [1.54, 1.807) is 7.11 Å². The molecule has 0 unspecified atom stereocenters. The van der Waals surface area contributed by atoms with Crippen LogP contribution in [0.3, 0.4) is 0 Å². The van der Waals surface area contributed by atoms with Crippen LogP contribution >= 0.6 is 0 Å². The van der Waals surface area contributed by atoms with E-state index < -0.39 is 5.97 Å². The van der Waals surface area contributed by atoms with Crippen molar-refractivity contribution >= 4 is 5.97 Å². The zero-order valence-electron chi connectivity index (χ0n) is 9.31. The first-order valence-corrected chi connectivity index (χ1v) is 4.86. The highest BCUT2D eigenvalue weighted by Crippen LogP contribution is 2.24. The highest BCUT2D eigenvalue weighted by molar-refractivity contribution is 5.67. The maximum atomic E-state index is 9.00. The van der Waals surface area contributed by atoms with E-state index in [0.29, 0.717) is 0 Å². The van der Waals surface area contributed by atoms with Gasteiger partial charge in [-0.05, 0) is 23.3 Å². The molecule has 0 saturated heterocycles. The van der Waals surface area contributed by atoms with E-state index in [0.717, 1.165) is 12.7 Å². The number of rotatable bonds is 1. The Hall–Kier alpha value is -2.03. The van der Waals surface area contributed by atoms with Crippen LogP contribution in [0.4, 0.5) is 0 Å². The first-order valence-electron chi connectivity index (χ1n) is 4.86. The summed E-state index contributed by atoms with van der Waals surface area (Å²) in [6, 6.07) is 14.3. The summed E-state index contributed by atoms with van der Waals surface area (Å²) in [6.07, 6.45) is 0.